The van der Waals surface area contributed by atoms with Crippen molar-refractivity contribution in [3.63, 3.8) is 0 Å². The van der Waals surface area contributed by atoms with E-state index in [4.69, 9.17) is 0 Å². The molecule has 1 atom stereocenters. The van der Waals surface area contributed by atoms with Crippen molar-refractivity contribution in [1.82, 2.24) is 14.4 Å². The first kappa shape index (κ1) is 13.8. The number of likely N-dealkylation sites (tertiary alicyclic amines) is 1. The Balaban J connectivity index is 2.27. The fourth-order valence-electron chi connectivity index (χ4n) is 2.55. The Bertz CT molecular complexity index is 550. The number of aromatic nitrogens is 1. The van der Waals surface area contributed by atoms with Crippen molar-refractivity contribution in [1.29, 1.82) is 0 Å². The van der Waals surface area contributed by atoms with Crippen molar-refractivity contribution in [2.75, 3.05) is 27.2 Å². The van der Waals surface area contributed by atoms with Crippen LogP contribution in [-0.4, -0.2) is 53.5 Å². The highest BCUT2D eigenvalue weighted by atomic mass is 16.2. The number of pyridine rings is 1. The van der Waals surface area contributed by atoms with E-state index in [1.807, 2.05) is 21.0 Å². The highest BCUT2D eigenvalue weighted by Crippen LogP contribution is 2.15. The molecular formula is C14H21N3O2. The van der Waals surface area contributed by atoms with Crippen LogP contribution in [0, 0.1) is 6.92 Å². The standard InChI is InChI=1S/C14H21N3O2/c1-10-7-12(18)8-13(16(10)3)14(19)17(4)11-5-6-15(2)9-11/h7-8,11H,5-6,9H2,1-4H3/t11-/m0/s1. The molecule has 5 nitrogen and oxygen atoms in total. The van der Waals surface area contributed by atoms with E-state index >= 15 is 0 Å². The van der Waals surface area contributed by atoms with Crippen LogP contribution in [0.5, 0.6) is 0 Å². The second kappa shape index (κ2) is 5.17. The van der Waals surface area contributed by atoms with Gasteiger partial charge in [0.25, 0.3) is 5.91 Å². The summed E-state index contributed by atoms with van der Waals surface area (Å²) in [7, 11) is 5.69. The van der Waals surface area contributed by atoms with E-state index in [0.717, 1.165) is 25.2 Å². The van der Waals surface area contributed by atoms with E-state index in [0.29, 0.717) is 5.69 Å². The Hall–Kier alpha value is -1.62. The van der Waals surface area contributed by atoms with Crippen LogP contribution in [0.4, 0.5) is 0 Å². The lowest BCUT2D eigenvalue weighted by Gasteiger charge is -2.25. The molecule has 2 rings (SSSR count). The Labute approximate surface area is 113 Å². The summed E-state index contributed by atoms with van der Waals surface area (Å²) in [5, 5.41) is 0. The zero-order valence-electron chi connectivity index (χ0n) is 12.0. The van der Waals surface area contributed by atoms with Gasteiger partial charge in [-0.25, -0.2) is 0 Å². The van der Waals surface area contributed by atoms with Crippen LogP contribution >= 0.6 is 0 Å². The molecule has 1 amide bonds. The van der Waals surface area contributed by atoms with Crippen molar-refractivity contribution in [3.8, 4) is 0 Å². The molecule has 1 aromatic heterocycles. The van der Waals surface area contributed by atoms with Gasteiger partial charge in [-0.1, -0.05) is 0 Å². The van der Waals surface area contributed by atoms with Crippen molar-refractivity contribution in [2.45, 2.75) is 19.4 Å². The molecular weight excluding hydrogens is 242 g/mol. The molecule has 1 aromatic rings. The summed E-state index contributed by atoms with van der Waals surface area (Å²) < 4.78 is 1.78. The molecule has 1 saturated heterocycles. The second-order valence-electron chi connectivity index (χ2n) is 5.40. The van der Waals surface area contributed by atoms with Crippen molar-refractivity contribution < 1.29 is 4.79 Å². The maximum Gasteiger partial charge on any atom is 0.270 e. The van der Waals surface area contributed by atoms with Gasteiger partial charge in [0.05, 0.1) is 0 Å². The smallest absolute Gasteiger partial charge is 0.270 e. The summed E-state index contributed by atoms with van der Waals surface area (Å²) in [4.78, 5) is 28.1. The lowest BCUT2D eigenvalue weighted by molar-refractivity contribution is 0.0726. The Morgan fingerprint density at radius 2 is 2.05 bits per heavy atom. The molecule has 0 N–H and O–H groups in total. The van der Waals surface area contributed by atoms with Gasteiger partial charge in [0, 0.05) is 44.5 Å². The lowest BCUT2D eigenvalue weighted by atomic mass is 10.2. The van der Waals surface area contributed by atoms with Gasteiger partial charge in [-0.15, -0.1) is 0 Å². The quantitative estimate of drug-likeness (QED) is 0.779. The van der Waals surface area contributed by atoms with E-state index < -0.39 is 0 Å². The van der Waals surface area contributed by atoms with Gasteiger partial charge in [0.15, 0.2) is 5.43 Å². The molecule has 0 aliphatic carbocycles. The molecule has 0 radical (unpaired) electrons. The fourth-order valence-corrected chi connectivity index (χ4v) is 2.55. The number of nitrogens with zero attached hydrogens (tertiary/aromatic N) is 3. The number of likely N-dealkylation sites (N-methyl/N-ethyl adjacent to an activating group) is 2. The van der Waals surface area contributed by atoms with Crippen molar-refractivity contribution >= 4 is 5.91 Å². The van der Waals surface area contributed by atoms with Crippen LogP contribution in [0.3, 0.4) is 0 Å². The number of hydrogen-bond donors (Lipinski definition) is 0. The lowest BCUT2D eigenvalue weighted by Crippen LogP contribution is -2.40. The van der Waals surface area contributed by atoms with Crippen LogP contribution in [0.15, 0.2) is 16.9 Å². The summed E-state index contributed by atoms with van der Waals surface area (Å²) in [6, 6.07) is 3.19. The van der Waals surface area contributed by atoms with E-state index in [9.17, 15) is 9.59 Å². The first-order valence-electron chi connectivity index (χ1n) is 6.53. The Morgan fingerprint density at radius 1 is 1.37 bits per heavy atom. The summed E-state index contributed by atoms with van der Waals surface area (Å²) in [5.41, 5.74) is 1.14. The van der Waals surface area contributed by atoms with Gasteiger partial charge in [-0.2, -0.15) is 0 Å². The maximum atomic E-state index is 12.5. The molecule has 0 spiro atoms. The molecule has 1 aliphatic heterocycles. The third-order valence-corrected chi connectivity index (χ3v) is 3.97. The van der Waals surface area contributed by atoms with Crippen molar-refractivity contribution in [2.24, 2.45) is 7.05 Å². The van der Waals surface area contributed by atoms with Gasteiger partial charge in [0.1, 0.15) is 5.69 Å². The number of rotatable bonds is 2. The van der Waals surface area contributed by atoms with E-state index in [1.54, 1.807) is 15.5 Å². The second-order valence-corrected chi connectivity index (χ2v) is 5.40. The van der Waals surface area contributed by atoms with Crippen LogP contribution < -0.4 is 5.43 Å². The molecule has 0 bridgehead atoms. The minimum Gasteiger partial charge on any atom is -0.344 e. The van der Waals surface area contributed by atoms with Crippen LogP contribution in [-0.2, 0) is 7.05 Å². The van der Waals surface area contributed by atoms with Crippen LogP contribution in [0.25, 0.3) is 0 Å². The predicted octanol–water partition coefficient (Wildman–Crippen LogP) is 0.470. The van der Waals surface area contributed by atoms with Crippen LogP contribution in [0.2, 0.25) is 0 Å². The third kappa shape index (κ3) is 2.71. The Kier molecular flexibility index (Phi) is 3.75. The molecule has 1 aliphatic rings. The zero-order valence-corrected chi connectivity index (χ0v) is 12.0. The SMILES string of the molecule is Cc1cc(=O)cc(C(=O)N(C)[C@H]2CCN(C)C2)n1C. The van der Waals surface area contributed by atoms with Gasteiger partial charge in [-0.3, -0.25) is 9.59 Å². The summed E-state index contributed by atoms with van der Waals surface area (Å²) in [6.45, 7) is 3.73. The number of aryl methyl sites for hydroxylation is 1. The molecule has 104 valence electrons. The average molecular weight is 263 g/mol. The number of carbonyl (C=O) groups excluding carboxylic acids is 1. The Morgan fingerprint density at radius 3 is 2.63 bits per heavy atom. The maximum absolute atomic E-state index is 12.5. The van der Waals surface area contributed by atoms with Crippen molar-refractivity contribution in [3.05, 3.63) is 33.7 Å². The van der Waals surface area contributed by atoms with E-state index in [2.05, 4.69) is 11.9 Å². The largest absolute Gasteiger partial charge is 0.344 e. The number of hydrogen-bond acceptors (Lipinski definition) is 3. The van der Waals surface area contributed by atoms with E-state index in [1.165, 1.54) is 6.07 Å². The molecule has 0 unspecified atom stereocenters. The highest BCUT2D eigenvalue weighted by Gasteiger charge is 2.28. The van der Waals surface area contributed by atoms with Gasteiger partial charge in [-0.05, 0) is 26.9 Å². The normalized spacial score (nSPS) is 19.7. The number of amides is 1. The van der Waals surface area contributed by atoms with E-state index in [-0.39, 0.29) is 17.4 Å². The third-order valence-electron chi connectivity index (χ3n) is 3.97. The van der Waals surface area contributed by atoms with Gasteiger partial charge < -0.3 is 14.4 Å². The highest BCUT2D eigenvalue weighted by molar-refractivity contribution is 5.92. The molecule has 5 heteroatoms. The minimum atomic E-state index is -0.115. The first-order chi connectivity index (χ1) is 8.90. The predicted molar refractivity (Wildman–Crippen MR) is 74.4 cm³/mol. The molecule has 0 saturated carbocycles. The zero-order chi connectivity index (χ0) is 14.2. The molecule has 2 heterocycles. The van der Waals surface area contributed by atoms with Crippen LogP contribution in [0.1, 0.15) is 22.6 Å². The van der Waals surface area contributed by atoms with Gasteiger partial charge >= 0.3 is 0 Å². The molecule has 0 aromatic carbocycles. The first-order valence-corrected chi connectivity index (χ1v) is 6.53. The summed E-state index contributed by atoms with van der Waals surface area (Å²) >= 11 is 0. The number of carbonyl (C=O) groups is 1. The average Bonchev–Trinajstić information content (AvgIpc) is 2.78. The fraction of sp³-hybridized carbons (Fsp3) is 0.571. The topological polar surface area (TPSA) is 45.6 Å². The minimum absolute atomic E-state index is 0.0800. The molecule has 1 fully saturated rings. The molecule has 19 heavy (non-hydrogen) atoms. The summed E-state index contributed by atoms with van der Waals surface area (Å²) in [6.07, 6.45) is 0.985. The monoisotopic (exact) mass is 263 g/mol. The summed E-state index contributed by atoms with van der Waals surface area (Å²) in [5.74, 6) is -0.0800. The van der Waals surface area contributed by atoms with Gasteiger partial charge in [0.2, 0.25) is 0 Å².